The smallest absolute Gasteiger partial charge is 0.125 e. The third-order valence-corrected chi connectivity index (χ3v) is 1.33. The highest BCUT2D eigenvalue weighted by Crippen LogP contribution is 2.08. The van der Waals surface area contributed by atoms with Gasteiger partial charge in [-0.25, -0.2) is 9.97 Å². The van der Waals surface area contributed by atoms with Crippen LogP contribution in [0, 0.1) is 0 Å². The van der Waals surface area contributed by atoms with Gasteiger partial charge in [0.15, 0.2) is 0 Å². The number of H-pyrrole nitrogens is 1. The Bertz CT molecular complexity index is 353. The summed E-state index contributed by atoms with van der Waals surface area (Å²) < 4.78 is 0. The lowest BCUT2D eigenvalue weighted by molar-refractivity contribution is 1.33. The third kappa shape index (κ3) is 1.53. The van der Waals surface area contributed by atoms with Gasteiger partial charge in [0, 0.05) is 6.07 Å². The number of aromatic amines is 1. The van der Waals surface area contributed by atoms with Gasteiger partial charge in [-0.2, -0.15) is 0 Å². The first-order chi connectivity index (χ1) is 5.86. The van der Waals surface area contributed by atoms with Crippen LogP contribution in [0.1, 0.15) is 13.8 Å². The summed E-state index contributed by atoms with van der Waals surface area (Å²) in [4.78, 5) is 10.8. The lowest BCUT2D eigenvalue weighted by atomic mass is 10.4. The average molecular weight is 164 g/mol. The highest BCUT2D eigenvalue weighted by atomic mass is 14.9. The van der Waals surface area contributed by atoms with Crippen LogP contribution >= 0.6 is 0 Å². The fraction of sp³-hybridized carbons (Fsp3) is 0.250. The van der Waals surface area contributed by atoms with Crippen molar-refractivity contribution in [3.8, 4) is 0 Å². The SMILES string of the molecule is CC.Nc1cc2nc[nH]c2cn1. The zero-order valence-corrected chi connectivity index (χ0v) is 7.20. The minimum Gasteiger partial charge on any atom is -0.384 e. The average Bonchev–Trinajstić information content (AvgIpc) is 2.54. The molecule has 64 valence electrons. The molecule has 0 saturated carbocycles. The quantitative estimate of drug-likeness (QED) is 0.621. The molecule has 0 radical (unpaired) electrons. The van der Waals surface area contributed by atoms with Crippen molar-refractivity contribution in [1.82, 2.24) is 15.0 Å². The molecule has 0 atom stereocenters. The summed E-state index contributed by atoms with van der Waals surface area (Å²) in [7, 11) is 0. The van der Waals surface area contributed by atoms with E-state index in [4.69, 9.17) is 5.73 Å². The van der Waals surface area contributed by atoms with E-state index in [2.05, 4.69) is 15.0 Å². The van der Waals surface area contributed by atoms with Crippen LogP contribution < -0.4 is 5.73 Å². The van der Waals surface area contributed by atoms with Crippen LogP contribution in [-0.4, -0.2) is 15.0 Å². The summed E-state index contributed by atoms with van der Waals surface area (Å²) in [5.41, 5.74) is 7.18. The van der Waals surface area contributed by atoms with Crippen LogP contribution in [0.5, 0.6) is 0 Å². The normalized spacial score (nSPS) is 9.17. The number of anilines is 1. The second-order valence-corrected chi connectivity index (χ2v) is 2.03. The van der Waals surface area contributed by atoms with Gasteiger partial charge in [-0.15, -0.1) is 0 Å². The van der Waals surface area contributed by atoms with Gasteiger partial charge in [0.1, 0.15) is 5.82 Å². The zero-order valence-electron chi connectivity index (χ0n) is 7.20. The molecule has 0 saturated heterocycles. The van der Waals surface area contributed by atoms with Crippen molar-refractivity contribution in [2.75, 3.05) is 5.73 Å². The van der Waals surface area contributed by atoms with Crippen LogP contribution in [-0.2, 0) is 0 Å². The topological polar surface area (TPSA) is 67.6 Å². The number of aromatic nitrogens is 3. The maximum Gasteiger partial charge on any atom is 0.125 e. The van der Waals surface area contributed by atoms with Crippen molar-refractivity contribution in [2.24, 2.45) is 0 Å². The number of nitrogens with one attached hydrogen (secondary N) is 1. The van der Waals surface area contributed by atoms with Gasteiger partial charge in [-0.05, 0) is 0 Å². The van der Waals surface area contributed by atoms with Gasteiger partial charge in [0.2, 0.25) is 0 Å². The molecule has 2 heterocycles. The fourth-order valence-electron chi connectivity index (χ4n) is 0.850. The van der Waals surface area contributed by atoms with Gasteiger partial charge in [0.25, 0.3) is 0 Å². The Labute approximate surface area is 70.8 Å². The summed E-state index contributed by atoms with van der Waals surface area (Å²) >= 11 is 0. The maximum atomic E-state index is 5.42. The highest BCUT2D eigenvalue weighted by Gasteiger charge is 1.94. The summed E-state index contributed by atoms with van der Waals surface area (Å²) in [6.45, 7) is 4.00. The monoisotopic (exact) mass is 164 g/mol. The Morgan fingerprint density at radius 1 is 1.33 bits per heavy atom. The number of nitrogen functional groups attached to an aromatic ring is 1. The molecule has 0 spiro atoms. The Morgan fingerprint density at radius 3 is 2.83 bits per heavy atom. The number of nitrogens with two attached hydrogens (primary N) is 1. The summed E-state index contributed by atoms with van der Waals surface area (Å²) in [5, 5.41) is 0. The van der Waals surface area contributed by atoms with Crippen molar-refractivity contribution < 1.29 is 0 Å². The summed E-state index contributed by atoms with van der Waals surface area (Å²) in [5.74, 6) is 0.500. The van der Waals surface area contributed by atoms with Crippen molar-refractivity contribution >= 4 is 16.9 Å². The number of hydrogen-bond donors (Lipinski definition) is 2. The molecule has 0 amide bonds. The van der Waals surface area contributed by atoms with Crippen molar-refractivity contribution in [1.29, 1.82) is 0 Å². The van der Waals surface area contributed by atoms with Crippen molar-refractivity contribution in [3.63, 3.8) is 0 Å². The van der Waals surface area contributed by atoms with Gasteiger partial charge in [-0.3, -0.25) is 0 Å². The summed E-state index contributed by atoms with van der Waals surface area (Å²) in [6.07, 6.45) is 3.28. The van der Waals surface area contributed by atoms with E-state index in [-0.39, 0.29) is 0 Å². The van der Waals surface area contributed by atoms with Gasteiger partial charge < -0.3 is 10.7 Å². The number of rotatable bonds is 0. The summed E-state index contributed by atoms with van der Waals surface area (Å²) in [6, 6.07) is 1.73. The molecule has 2 aromatic heterocycles. The fourth-order valence-corrected chi connectivity index (χ4v) is 0.850. The number of pyridine rings is 1. The van der Waals surface area contributed by atoms with Crippen LogP contribution in [0.3, 0.4) is 0 Å². The molecule has 0 aliphatic heterocycles. The predicted octanol–water partition coefficient (Wildman–Crippen LogP) is 1.57. The van der Waals surface area contributed by atoms with E-state index in [1.165, 1.54) is 0 Å². The Kier molecular flexibility index (Phi) is 2.63. The maximum absolute atomic E-state index is 5.42. The minimum atomic E-state index is 0.500. The van der Waals surface area contributed by atoms with Crippen molar-refractivity contribution in [3.05, 3.63) is 18.6 Å². The first-order valence-electron chi connectivity index (χ1n) is 3.91. The zero-order chi connectivity index (χ0) is 8.97. The minimum absolute atomic E-state index is 0.500. The predicted molar refractivity (Wildman–Crippen MR) is 49.6 cm³/mol. The number of fused-ring (bicyclic) bond motifs is 1. The molecule has 4 heteroatoms. The Morgan fingerprint density at radius 2 is 2.08 bits per heavy atom. The number of imidazole rings is 1. The molecular weight excluding hydrogens is 152 g/mol. The highest BCUT2D eigenvalue weighted by molar-refractivity contribution is 5.75. The van der Waals surface area contributed by atoms with Gasteiger partial charge in [-0.1, -0.05) is 13.8 Å². The molecule has 12 heavy (non-hydrogen) atoms. The molecule has 4 nitrogen and oxygen atoms in total. The lowest BCUT2D eigenvalue weighted by Crippen LogP contribution is -1.87. The van der Waals surface area contributed by atoms with E-state index in [1.807, 2.05) is 13.8 Å². The van der Waals surface area contributed by atoms with Crippen LogP contribution in [0.4, 0.5) is 5.82 Å². The van der Waals surface area contributed by atoms with E-state index >= 15 is 0 Å². The van der Waals surface area contributed by atoms with E-state index in [0.29, 0.717) is 5.82 Å². The molecule has 0 fully saturated rings. The van der Waals surface area contributed by atoms with Gasteiger partial charge in [0.05, 0.1) is 23.6 Å². The largest absolute Gasteiger partial charge is 0.384 e. The van der Waals surface area contributed by atoms with Crippen LogP contribution in [0.15, 0.2) is 18.6 Å². The first-order valence-corrected chi connectivity index (χ1v) is 3.91. The number of nitrogens with zero attached hydrogens (tertiary/aromatic N) is 2. The molecule has 0 bridgehead atoms. The molecule has 0 aromatic carbocycles. The molecule has 3 N–H and O–H groups in total. The standard InChI is InChI=1S/C6H6N4.C2H6/c7-6-1-4-5(2-8-6)10-3-9-4;1-2/h1-3H,(H2,7,8)(H,9,10);1-2H3. The van der Waals surface area contributed by atoms with E-state index < -0.39 is 0 Å². The third-order valence-electron chi connectivity index (χ3n) is 1.33. The van der Waals surface area contributed by atoms with Crippen LogP contribution in [0.25, 0.3) is 11.0 Å². The van der Waals surface area contributed by atoms with Gasteiger partial charge >= 0.3 is 0 Å². The van der Waals surface area contributed by atoms with E-state index in [0.717, 1.165) is 11.0 Å². The molecule has 0 aliphatic carbocycles. The van der Waals surface area contributed by atoms with E-state index in [9.17, 15) is 0 Å². The second kappa shape index (κ2) is 3.71. The second-order valence-electron chi connectivity index (χ2n) is 2.03. The molecule has 0 unspecified atom stereocenters. The van der Waals surface area contributed by atoms with Crippen molar-refractivity contribution in [2.45, 2.75) is 13.8 Å². The molecular formula is C8H12N4. The Balaban J connectivity index is 0.000000336. The lowest BCUT2D eigenvalue weighted by Gasteiger charge is -1.88. The Hall–Kier alpha value is -1.58. The molecule has 2 aromatic rings. The van der Waals surface area contributed by atoms with E-state index in [1.54, 1.807) is 18.6 Å². The molecule has 2 rings (SSSR count). The molecule has 0 aliphatic rings. The van der Waals surface area contributed by atoms with Crippen LogP contribution in [0.2, 0.25) is 0 Å². The first kappa shape index (κ1) is 8.52. The number of hydrogen-bond acceptors (Lipinski definition) is 3.